The van der Waals surface area contributed by atoms with Crippen molar-refractivity contribution in [3.8, 4) is 5.75 Å². The Hall–Kier alpha value is -2.13. The maximum absolute atomic E-state index is 11.4. The standard InChI is InChI=1S/C14H22N4O6/c1-2-24-14-11(12(19)13(14)20)16-3-5-21-7-9-23-10-8-22-6-4-17-18-15/h16H,2-10H2,1H3. The van der Waals surface area contributed by atoms with E-state index in [9.17, 15) is 9.59 Å². The summed E-state index contributed by atoms with van der Waals surface area (Å²) in [6, 6.07) is 0. The number of rotatable bonds is 15. The molecule has 0 saturated carbocycles. The molecule has 0 bridgehead atoms. The second-order valence-electron chi connectivity index (χ2n) is 4.51. The Balaban J connectivity index is 1.94. The van der Waals surface area contributed by atoms with E-state index < -0.39 is 10.9 Å². The van der Waals surface area contributed by atoms with Crippen molar-refractivity contribution in [2.24, 2.45) is 5.11 Å². The highest BCUT2D eigenvalue weighted by atomic mass is 16.5. The normalized spacial score (nSPS) is 10.5. The molecule has 0 unspecified atom stereocenters. The van der Waals surface area contributed by atoms with Crippen LogP contribution >= 0.6 is 0 Å². The van der Waals surface area contributed by atoms with Crippen molar-refractivity contribution in [3.05, 3.63) is 30.9 Å². The fourth-order valence-corrected chi connectivity index (χ4v) is 1.75. The summed E-state index contributed by atoms with van der Waals surface area (Å²) >= 11 is 0. The van der Waals surface area contributed by atoms with Crippen LogP contribution < -0.4 is 20.9 Å². The highest BCUT2D eigenvalue weighted by Gasteiger charge is 2.21. The number of hydrogen-bond donors (Lipinski definition) is 1. The second kappa shape index (κ2) is 12.3. The third-order valence-corrected chi connectivity index (χ3v) is 2.85. The third kappa shape index (κ3) is 6.97. The van der Waals surface area contributed by atoms with Gasteiger partial charge in [-0.3, -0.25) is 9.59 Å². The third-order valence-electron chi connectivity index (χ3n) is 2.85. The van der Waals surface area contributed by atoms with Crippen LogP contribution in [-0.2, 0) is 14.2 Å². The van der Waals surface area contributed by atoms with Gasteiger partial charge in [-0.2, -0.15) is 0 Å². The maximum Gasteiger partial charge on any atom is 0.272 e. The summed E-state index contributed by atoms with van der Waals surface area (Å²) < 4.78 is 20.9. The number of ether oxygens (including phenoxy) is 4. The van der Waals surface area contributed by atoms with Crippen LogP contribution in [0, 0.1) is 0 Å². The van der Waals surface area contributed by atoms with Gasteiger partial charge in [-0.15, -0.1) is 0 Å². The van der Waals surface area contributed by atoms with E-state index in [2.05, 4.69) is 15.3 Å². The zero-order chi connectivity index (χ0) is 17.6. The van der Waals surface area contributed by atoms with E-state index in [4.69, 9.17) is 24.5 Å². The lowest BCUT2D eigenvalue weighted by Crippen LogP contribution is -2.36. The Morgan fingerprint density at radius 2 is 1.62 bits per heavy atom. The zero-order valence-electron chi connectivity index (χ0n) is 13.7. The quantitative estimate of drug-likeness (QED) is 0.161. The second-order valence-corrected chi connectivity index (χ2v) is 4.51. The van der Waals surface area contributed by atoms with E-state index in [1.807, 2.05) is 0 Å². The molecule has 0 aliphatic rings. The van der Waals surface area contributed by atoms with Gasteiger partial charge in [-0.25, -0.2) is 0 Å². The molecule has 1 rings (SSSR count). The first-order valence-electron chi connectivity index (χ1n) is 7.66. The van der Waals surface area contributed by atoms with Crippen LogP contribution in [0.15, 0.2) is 14.7 Å². The molecule has 1 aromatic carbocycles. The minimum atomic E-state index is -0.588. The van der Waals surface area contributed by atoms with Gasteiger partial charge in [-0.05, 0) is 12.5 Å². The molecule has 0 radical (unpaired) electrons. The largest absolute Gasteiger partial charge is 0.488 e. The molecule has 0 saturated heterocycles. The SMILES string of the molecule is CCOc1c(NCCOCCOCCOCCN=[N+]=[N-])c(=O)c1=O. The van der Waals surface area contributed by atoms with Gasteiger partial charge in [0.05, 0.1) is 46.2 Å². The fourth-order valence-electron chi connectivity index (χ4n) is 1.75. The summed E-state index contributed by atoms with van der Waals surface area (Å²) in [6.07, 6.45) is 0. The highest BCUT2D eigenvalue weighted by Crippen LogP contribution is 2.16. The highest BCUT2D eigenvalue weighted by molar-refractivity contribution is 5.61. The van der Waals surface area contributed by atoms with Crippen molar-refractivity contribution in [1.82, 2.24) is 0 Å². The molecule has 0 atom stereocenters. The monoisotopic (exact) mass is 342 g/mol. The summed E-state index contributed by atoms with van der Waals surface area (Å²) in [6.45, 7) is 5.21. The van der Waals surface area contributed by atoms with E-state index in [-0.39, 0.29) is 11.4 Å². The van der Waals surface area contributed by atoms with Crippen LogP contribution in [0.25, 0.3) is 10.4 Å². The van der Waals surface area contributed by atoms with Crippen LogP contribution in [-0.4, -0.2) is 59.3 Å². The van der Waals surface area contributed by atoms with E-state index in [1.54, 1.807) is 6.92 Å². The first-order valence-corrected chi connectivity index (χ1v) is 7.66. The first-order chi connectivity index (χ1) is 11.7. The molecule has 134 valence electrons. The summed E-state index contributed by atoms with van der Waals surface area (Å²) in [5.41, 5.74) is 7.14. The summed E-state index contributed by atoms with van der Waals surface area (Å²) in [5.74, 6) is 0.103. The average Bonchev–Trinajstić information content (AvgIpc) is 2.60. The van der Waals surface area contributed by atoms with Crippen molar-refractivity contribution in [2.45, 2.75) is 6.92 Å². The molecule has 0 fully saturated rings. The Morgan fingerprint density at radius 1 is 1.00 bits per heavy atom. The Labute approximate surface area is 139 Å². The van der Waals surface area contributed by atoms with Gasteiger partial charge in [0.1, 0.15) is 5.69 Å². The number of azide groups is 1. The van der Waals surface area contributed by atoms with Crippen LogP contribution in [0.5, 0.6) is 5.75 Å². The van der Waals surface area contributed by atoms with Crippen molar-refractivity contribution in [1.29, 1.82) is 0 Å². The molecular weight excluding hydrogens is 320 g/mol. The molecule has 0 aromatic heterocycles. The lowest BCUT2D eigenvalue weighted by Gasteiger charge is -2.13. The lowest BCUT2D eigenvalue weighted by atomic mass is 10.2. The molecule has 24 heavy (non-hydrogen) atoms. The van der Waals surface area contributed by atoms with Crippen molar-refractivity contribution in [3.63, 3.8) is 0 Å². The van der Waals surface area contributed by atoms with Crippen LogP contribution in [0.3, 0.4) is 0 Å². The van der Waals surface area contributed by atoms with E-state index in [0.717, 1.165) is 0 Å². The minimum Gasteiger partial charge on any atom is -0.488 e. The van der Waals surface area contributed by atoms with Crippen molar-refractivity contribution in [2.75, 3.05) is 64.7 Å². The number of nitrogens with one attached hydrogen (secondary N) is 1. The molecule has 1 aromatic rings. The van der Waals surface area contributed by atoms with E-state index in [0.29, 0.717) is 59.3 Å². The van der Waals surface area contributed by atoms with Gasteiger partial charge in [0.2, 0.25) is 0 Å². The average molecular weight is 342 g/mol. The number of nitrogens with zero attached hydrogens (tertiary/aromatic N) is 3. The predicted octanol–water partition coefficient (Wildman–Crippen LogP) is 0.453. The Morgan fingerprint density at radius 3 is 2.25 bits per heavy atom. The van der Waals surface area contributed by atoms with Gasteiger partial charge in [-0.1, -0.05) is 5.11 Å². The van der Waals surface area contributed by atoms with Gasteiger partial charge in [0.25, 0.3) is 10.9 Å². The summed E-state index contributed by atoms with van der Waals surface area (Å²) in [4.78, 5) is 25.2. The van der Waals surface area contributed by atoms with Gasteiger partial charge in [0, 0.05) is 18.0 Å². The van der Waals surface area contributed by atoms with Crippen LogP contribution in [0.1, 0.15) is 6.92 Å². The molecule has 10 heteroatoms. The smallest absolute Gasteiger partial charge is 0.272 e. The van der Waals surface area contributed by atoms with Gasteiger partial charge >= 0.3 is 0 Å². The molecule has 0 aliphatic heterocycles. The first kappa shape index (κ1) is 19.9. The number of anilines is 1. The minimum absolute atomic E-state index is 0.103. The molecule has 0 spiro atoms. The van der Waals surface area contributed by atoms with Crippen LogP contribution in [0.2, 0.25) is 0 Å². The topological polar surface area (TPSA) is 132 Å². The Bertz CT molecular complexity index is 592. The molecular formula is C14H22N4O6. The van der Waals surface area contributed by atoms with Crippen molar-refractivity contribution < 1.29 is 18.9 Å². The molecule has 0 heterocycles. The molecule has 10 nitrogen and oxygen atoms in total. The molecule has 0 aliphatic carbocycles. The van der Waals surface area contributed by atoms with Crippen LogP contribution in [0.4, 0.5) is 5.69 Å². The van der Waals surface area contributed by atoms with E-state index >= 15 is 0 Å². The Kier molecular flexibility index (Phi) is 10.2. The molecule has 1 N–H and O–H groups in total. The van der Waals surface area contributed by atoms with Gasteiger partial charge < -0.3 is 24.3 Å². The van der Waals surface area contributed by atoms with E-state index in [1.165, 1.54) is 0 Å². The van der Waals surface area contributed by atoms with Gasteiger partial charge in [0.15, 0.2) is 5.75 Å². The maximum atomic E-state index is 11.4. The lowest BCUT2D eigenvalue weighted by molar-refractivity contribution is 0.0179. The summed E-state index contributed by atoms with van der Waals surface area (Å²) in [7, 11) is 0. The number of hydrogen-bond acceptors (Lipinski definition) is 8. The fraction of sp³-hybridized carbons (Fsp3) is 0.714. The predicted molar refractivity (Wildman–Crippen MR) is 87.5 cm³/mol. The summed E-state index contributed by atoms with van der Waals surface area (Å²) in [5, 5.41) is 6.17. The van der Waals surface area contributed by atoms with Crippen molar-refractivity contribution >= 4 is 5.69 Å². The molecule has 0 amide bonds. The zero-order valence-corrected chi connectivity index (χ0v) is 13.7.